The summed E-state index contributed by atoms with van der Waals surface area (Å²) in [4.78, 5) is 27.5. The van der Waals surface area contributed by atoms with E-state index >= 15 is 0 Å². The molecule has 1 aromatic rings. The summed E-state index contributed by atoms with van der Waals surface area (Å²) < 4.78 is 10.9. The molecule has 1 atom stereocenters. The third kappa shape index (κ3) is 5.16. The molecule has 2 fully saturated rings. The number of carbonyl (C=O) groups is 2. The molecule has 29 heavy (non-hydrogen) atoms. The molecule has 1 aliphatic carbocycles. The second-order valence-electron chi connectivity index (χ2n) is 7.78. The largest absolute Gasteiger partial charge is 0.493 e. The maximum absolute atomic E-state index is 12.9. The van der Waals surface area contributed by atoms with Crippen LogP contribution in [0.1, 0.15) is 57.4 Å². The summed E-state index contributed by atoms with van der Waals surface area (Å²) in [5.74, 6) is 1.19. The van der Waals surface area contributed by atoms with Crippen molar-refractivity contribution in [2.24, 2.45) is 5.92 Å². The Labute approximate surface area is 177 Å². The second kappa shape index (κ2) is 10.2. The Morgan fingerprint density at radius 1 is 1.17 bits per heavy atom. The Kier molecular flexibility index (Phi) is 7.64. The van der Waals surface area contributed by atoms with Crippen molar-refractivity contribution < 1.29 is 19.1 Å². The number of nitrogens with zero attached hydrogens (tertiary/aromatic N) is 1. The van der Waals surface area contributed by atoms with E-state index < -0.39 is 0 Å². The van der Waals surface area contributed by atoms with Gasteiger partial charge in [-0.3, -0.25) is 9.59 Å². The number of ether oxygens (including phenoxy) is 2. The predicted octanol–water partition coefficient (Wildman–Crippen LogP) is 3.93. The molecule has 7 heteroatoms. The molecule has 1 unspecified atom stereocenters. The Morgan fingerprint density at radius 3 is 2.62 bits per heavy atom. The van der Waals surface area contributed by atoms with Gasteiger partial charge in [0.25, 0.3) is 0 Å². The van der Waals surface area contributed by atoms with E-state index in [9.17, 15) is 9.59 Å². The highest BCUT2D eigenvalue weighted by Gasteiger charge is 2.37. The van der Waals surface area contributed by atoms with E-state index in [4.69, 9.17) is 21.1 Å². The zero-order chi connectivity index (χ0) is 20.8. The average molecular weight is 423 g/mol. The van der Waals surface area contributed by atoms with Crippen molar-refractivity contribution in [3.05, 3.63) is 22.7 Å². The fourth-order valence-electron chi connectivity index (χ4n) is 4.35. The van der Waals surface area contributed by atoms with Gasteiger partial charge in [0.05, 0.1) is 18.7 Å². The minimum absolute atomic E-state index is 0.0892. The van der Waals surface area contributed by atoms with Crippen LogP contribution in [0.3, 0.4) is 0 Å². The molecule has 0 spiro atoms. The van der Waals surface area contributed by atoms with Crippen LogP contribution in [0, 0.1) is 5.92 Å². The number of benzene rings is 1. The van der Waals surface area contributed by atoms with E-state index in [1.807, 2.05) is 13.0 Å². The smallest absolute Gasteiger partial charge is 0.243 e. The number of hydrogen-bond acceptors (Lipinski definition) is 4. The standard InChI is InChI=1S/C22H31ClN2O4/c1-3-29-20-17(23)12-15(13-19(20)28-2)14-24-21(26)18-10-7-11-25(18)22(27)16-8-5-4-6-9-16/h12-13,16,18H,3-11,14H2,1-2H3,(H,24,26). The van der Waals surface area contributed by atoms with Crippen LogP contribution in [0.15, 0.2) is 12.1 Å². The molecule has 6 nitrogen and oxygen atoms in total. The number of rotatable bonds is 7. The minimum Gasteiger partial charge on any atom is -0.493 e. The lowest BCUT2D eigenvalue weighted by molar-refractivity contribution is -0.142. The molecule has 1 N–H and O–H groups in total. The summed E-state index contributed by atoms with van der Waals surface area (Å²) in [7, 11) is 1.56. The van der Waals surface area contributed by atoms with Gasteiger partial charge in [0, 0.05) is 19.0 Å². The molecule has 0 aromatic heterocycles. The normalized spacial score (nSPS) is 19.8. The van der Waals surface area contributed by atoms with Gasteiger partial charge >= 0.3 is 0 Å². The van der Waals surface area contributed by atoms with E-state index in [2.05, 4.69) is 5.32 Å². The fraction of sp³-hybridized carbons (Fsp3) is 0.636. The third-order valence-electron chi connectivity index (χ3n) is 5.84. The first-order valence-electron chi connectivity index (χ1n) is 10.6. The molecule has 1 saturated heterocycles. The Bertz CT molecular complexity index is 734. The molecule has 1 heterocycles. The van der Waals surface area contributed by atoms with E-state index in [-0.39, 0.29) is 23.8 Å². The van der Waals surface area contributed by atoms with Crippen LogP contribution in [-0.2, 0) is 16.1 Å². The molecule has 0 radical (unpaired) electrons. The monoisotopic (exact) mass is 422 g/mol. The Balaban J connectivity index is 1.62. The van der Waals surface area contributed by atoms with Crippen LogP contribution < -0.4 is 14.8 Å². The van der Waals surface area contributed by atoms with Gasteiger partial charge < -0.3 is 19.7 Å². The van der Waals surface area contributed by atoms with Crippen LogP contribution in [0.5, 0.6) is 11.5 Å². The number of methoxy groups -OCH3 is 1. The first-order chi connectivity index (χ1) is 14.0. The van der Waals surface area contributed by atoms with Crippen LogP contribution in [0.25, 0.3) is 0 Å². The maximum atomic E-state index is 12.9. The van der Waals surface area contributed by atoms with Crippen LogP contribution in [0.4, 0.5) is 0 Å². The predicted molar refractivity (Wildman–Crippen MR) is 112 cm³/mol. The summed E-state index contributed by atoms with van der Waals surface area (Å²) in [5.41, 5.74) is 0.826. The number of hydrogen-bond donors (Lipinski definition) is 1. The molecular formula is C22H31ClN2O4. The number of carbonyl (C=O) groups excluding carboxylic acids is 2. The van der Waals surface area contributed by atoms with Crippen LogP contribution in [0.2, 0.25) is 5.02 Å². The molecule has 1 aliphatic heterocycles. The summed E-state index contributed by atoms with van der Waals surface area (Å²) in [6.45, 7) is 3.37. The first-order valence-corrected chi connectivity index (χ1v) is 11.0. The number of amides is 2. The summed E-state index contributed by atoms with van der Waals surface area (Å²) >= 11 is 6.31. The zero-order valence-corrected chi connectivity index (χ0v) is 18.1. The van der Waals surface area contributed by atoms with Crippen LogP contribution >= 0.6 is 11.6 Å². The van der Waals surface area contributed by atoms with E-state index in [0.717, 1.165) is 44.1 Å². The lowest BCUT2D eigenvalue weighted by atomic mass is 9.88. The molecule has 3 rings (SSSR count). The fourth-order valence-corrected chi connectivity index (χ4v) is 4.64. The quantitative estimate of drug-likeness (QED) is 0.722. The van der Waals surface area contributed by atoms with Crippen molar-refractivity contribution in [3.63, 3.8) is 0 Å². The maximum Gasteiger partial charge on any atom is 0.243 e. The first kappa shape index (κ1) is 21.8. The number of nitrogens with one attached hydrogen (secondary N) is 1. The SMILES string of the molecule is CCOc1c(Cl)cc(CNC(=O)C2CCCN2C(=O)C2CCCCC2)cc1OC. The molecule has 1 saturated carbocycles. The van der Waals surface area contributed by atoms with Crippen molar-refractivity contribution in [2.75, 3.05) is 20.3 Å². The molecule has 1 aromatic carbocycles. The van der Waals surface area contributed by atoms with Crippen molar-refractivity contribution in [3.8, 4) is 11.5 Å². The highest BCUT2D eigenvalue weighted by atomic mass is 35.5. The zero-order valence-electron chi connectivity index (χ0n) is 17.3. The van der Waals surface area contributed by atoms with Crippen molar-refractivity contribution in [2.45, 2.75) is 64.5 Å². The Morgan fingerprint density at radius 2 is 1.93 bits per heavy atom. The van der Waals surface area contributed by atoms with E-state index in [0.29, 0.717) is 36.2 Å². The van der Waals surface area contributed by atoms with Gasteiger partial charge in [-0.15, -0.1) is 0 Å². The van der Waals surface area contributed by atoms with E-state index in [1.165, 1.54) is 6.42 Å². The number of halogens is 1. The summed E-state index contributed by atoms with van der Waals surface area (Å²) in [5, 5.41) is 3.42. The molecular weight excluding hydrogens is 392 g/mol. The molecule has 2 amide bonds. The second-order valence-corrected chi connectivity index (χ2v) is 8.19. The van der Waals surface area contributed by atoms with Gasteiger partial charge in [-0.1, -0.05) is 30.9 Å². The van der Waals surface area contributed by atoms with Gasteiger partial charge in [-0.2, -0.15) is 0 Å². The van der Waals surface area contributed by atoms with Crippen molar-refractivity contribution in [1.82, 2.24) is 10.2 Å². The van der Waals surface area contributed by atoms with Gasteiger partial charge in [0.1, 0.15) is 6.04 Å². The third-order valence-corrected chi connectivity index (χ3v) is 6.12. The average Bonchev–Trinajstić information content (AvgIpc) is 3.23. The summed E-state index contributed by atoms with van der Waals surface area (Å²) in [6.07, 6.45) is 6.93. The van der Waals surface area contributed by atoms with Crippen molar-refractivity contribution >= 4 is 23.4 Å². The van der Waals surface area contributed by atoms with E-state index in [1.54, 1.807) is 18.1 Å². The molecule has 0 bridgehead atoms. The lowest BCUT2D eigenvalue weighted by Crippen LogP contribution is -2.47. The minimum atomic E-state index is -0.371. The van der Waals surface area contributed by atoms with Gasteiger partial charge in [-0.25, -0.2) is 0 Å². The topological polar surface area (TPSA) is 67.9 Å². The summed E-state index contributed by atoms with van der Waals surface area (Å²) in [6, 6.07) is 3.22. The van der Waals surface area contributed by atoms with Crippen LogP contribution in [-0.4, -0.2) is 43.0 Å². The lowest BCUT2D eigenvalue weighted by Gasteiger charge is -2.30. The highest BCUT2D eigenvalue weighted by molar-refractivity contribution is 6.32. The molecule has 160 valence electrons. The van der Waals surface area contributed by atoms with Gasteiger partial charge in [0.15, 0.2) is 11.5 Å². The molecule has 2 aliphatic rings. The van der Waals surface area contributed by atoms with Crippen molar-refractivity contribution in [1.29, 1.82) is 0 Å². The van der Waals surface area contributed by atoms with Gasteiger partial charge in [0.2, 0.25) is 11.8 Å². The highest BCUT2D eigenvalue weighted by Crippen LogP contribution is 2.36. The number of likely N-dealkylation sites (tertiary alicyclic amines) is 1. The van der Waals surface area contributed by atoms with Gasteiger partial charge in [-0.05, 0) is 50.3 Å². The Hall–Kier alpha value is -1.95.